The van der Waals surface area contributed by atoms with E-state index in [2.05, 4.69) is 40.7 Å². The Labute approximate surface area is 240 Å². The lowest BCUT2D eigenvalue weighted by molar-refractivity contribution is 0.0270. The predicted molar refractivity (Wildman–Crippen MR) is 164 cm³/mol. The normalized spacial score (nSPS) is 18.7. The van der Waals surface area contributed by atoms with Gasteiger partial charge in [-0.1, -0.05) is 38.3 Å². The number of rotatable bonds is 11. The van der Waals surface area contributed by atoms with Crippen molar-refractivity contribution in [3.05, 3.63) is 64.8 Å². The lowest BCUT2D eigenvalue weighted by Crippen LogP contribution is -2.35. The minimum Gasteiger partial charge on any atom is -0.458 e. The van der Waals surface area contributed by atoms with E-state index in [4.69, 9.17) is 4.74 Å². The minimum absolute atomic E-state index is 0.146. The third-order valence-corrected chi connectivity index (χ3v) is 10.1. The molecule has 1 aliphatic heterocycles. The summed E-state index contributed by atoms with van der Waals surface area (Å²) in [7, 11) is -1.04. The summed E-state index contributed by atoms with van der Waals surface area (Å²) in [6.07, 6.45) is 10.1. The lowest BCUT2D eigenvalue weighted by atomic mass is 9.93. The Hall–Kier alpha value is -2.09. The number of ether oxygens (including phenoxy) is 1. The molecule has 7 heteroatoms. The fourth-order valence-electron chi connectivity index (χ4n) is 5.98. The number of thioether (sulfide) groups is 1. The average Bonchev–Trinajstić information content (AvgIpc) is 3.27. The smallest absolute Gasteiger partial charge is 0.338 e. The van der Waals surface area contributed by atoms with Crippen LogP contribution in [0, 0.1) is 0 Å². The molecule has 0 amide bonds. The van der Waals surface area contributed by atoms with Crippen LogP contribution in [0.15, 0.2) is 47.4 Å². The van der Waals surface area contributed by atoms with E-state index in [-0.39, 0.29) is 12.1 Å². The summed E-state index contributed by atoms with van der Waals surface area (Å²) in [4.78, 5) is 16.5. The zero-order valence-corrected chi connectivity index (χ0v) is 25.1. The maximum Gasteiger partial charge on any atom is 0.338 e. The highest BCUT2D eigenvalue weighted by Crippen LogP contribution is 2.35. The number of hydrogen-bond acceptors (Lipinski definition) is 5. The van der Waals surface area contributed by atoms with E-state index in [0.29, 0.717) is 12.0 Å². The van der Waals surface area contributed by atoms with Crippen molar-refractivity contribution in [3.8, 4) is 0 Å². The summed E-state index contributed by atoms with van der Waals surface area (Å²) in [5, 5.41) is 1.17. The number of unbranched alkanes of at least 4 members (excludes halogenated alkanes) is 3. The quantitative estimate of drug-likeness (QED) is 0.202. The third-order valence-electron chi connectivity index (χ3n) is 8.25. The van der Waals surface area contributed by atoms with E-state index in [0.717, 1.165) is 50.3 Å². The first-order valence-electron chi connectivity index (χ1n) is 14.6. The molecule has 2 aliphatic rings. The molecule has 5 nitrogen and oxygen atoms in total. The molecular formula is C32H42N2O3S2. The Morgan fingerprint density at radius 3 is 2.59 bits per heavy atom. The highest BCUT2D eigenvalue weighted by Gasteiger charge is 2.28. The second kappa shape index (κ2) is 13.5. The first-order valence-corrected chi connectivity index (χ1v) is 17.3. The molecule has 0 spiro atoms. The molecule has 0 saturated carbocycles. The molecule has 0 N–H and O–H groups in total. The van der Waals surface area contributed by atoms with Gasteiger partial charge in [-0.25, -0.2) is 4.79 Å². The van der Waals surface area contributed by atoms with Crippen LogP contribution in [0.4, 0.5) is 0 Å². The summed E-state index contributed by atoms with van der Waals surface area (Å²) in [5.74, 6) is 2.19. The Morgan fingerprint density at radius 2 is 1.85 bits per heavy atom. The van der Waals surface area contributed by atoms with Crippen LogP contribution in [0.25, 0.3) is 10.9 Å². The highest BCUT2D eigenvalue weighted by molar-refractivity contribution is 7.99. The van der Waals surface area contributed by atoms with Gasteiger partial charge in [-0.05, 0) is 67.1 Å². The fourth-order valence-corrected chi connectivity index (χ4v) is 7.50. The Morgan fingerprint density at radius 1 is 1.05 bits per heavy atom. The van der Waals surface area contributed by atoms with Gasteiger partial charge in [0.15, 0.2) is 0 Å². The maximum atomic E-state index is 13.1. The summed E-state index contributed by atoms with van der Waals surface area (Å²) < 4.78 is 20.8. The van der Waals surface area contributed by atoms with Crippen molar-refractivity contribution in [3.63, 3.8) is 0 Å². The van der Waals surface area contributed by atoms with Crippen molar-refractivity contribution >= 4 is 39.4 Å². The first-order chi connectivity index (χ1) is 19.0. The van der Waals surface area contributed by atoms with Crippen molar-refractivity contribution in [2.75, 3.05) is 37.4 Å². The molecule has 0 radical (unpaired) electrons. The van der Waals surface area contributed by atoms with E-state index in [1.54, 1.807) is 6.26 Å². The van der Waals surface area contributed by atoms with Gasteiger partial charge >= 0.3 is 5.97 Å². The van der Waals surface area contributed by atoms with Crippen LogP contribution in [-0.4, -0.2) is 63.1 Å². The summed E-state index contributed by atoms with van der Waals surface area (Å²) >= 11 is 2.04. The van der Waals surface area contributed by atoms with Crippen molar-refractivity contribution < 1.29 is 13.7 Å². The first kappa shape index (κ1) is 28.4. The number of carbonyl (C=O) groups excluding carboxylic acids is 1. The van der Waals surface area contributed by atoms with Crippen molar-refractivity contribution in [1.29, 1.82) is 0 Å². The lowest BCUT2D eigenvalue weighted by Gasteiger charge is -2.28. The van der Waals surface area contributed by atoms with Crippen LogP contribution in [0.1, 0.15) is 66.2 Å². The van der Waals surface area contributed by atoms with E-state index in [1.807, 2.05) is 30.0 Å². The molecule has 210 valence electrons. The Bertz CT molecular complexity index is 1290. The van der Waals surface area contributed by atoms with Gasteiger partial charge in [0.1, 0.15) is 6.10 Å². The minimum atomic E-state index is -1.04. The number of carbonyl (C=O) groups is 1. The topological polar surface area (TPSA) is 51.5 Å². The number of esters is 1. The van der Waals surface area contributed by atoms with E-state index in [1.165, 1.54) is 64.9 Å². The Balaban J connectivity index is 1.30. The molecule has 2 atom stereocenters. The van der Waals surface area contributed by atoms with E-state index in [9.17, 15) is 9.00 Å². The largest absolute Gasteiger partial charge is 0.458 e. The number of aromatic nitrogens is 1. The average molecular weight is 567 g/mol. The number of fused-ring (bicyclic) bond motifs is 3. The molecule has 1 aliphatic carbocycles. The number of nitrogens with zero attached hydrogens (tertiary/aromatic N) is 2. The SMILES string of the molecule is CCCCCCc1ccc(C(=O)OC2CCc3c(c4cc(S(C)=O)ccc4n3CCN3CCSCC3)C2)cc1. The van der Waals surface area contributed by atoms with Crippen molar-refractivity contribution in [2.24, 2.45) is 0 Å². The van der Waals surface area contributed by atoms with Crippen LogP contribution in [0.2, 0.25) is 0 Å². The number of aryl methyl sites for hydroxylation is 1. The molecule has 2 aromatic carbocycles. The molecule has 0 bridgehead atoms. The summed E-state index contributed by atoms with van der Waals surface area (Å²) in [6.45, 7) is 6.55. The molecular weight excluding hydrogens is 524 g/mol. The van der Waals surface area contributed by atoms with Crippen LogP contribution in [-0.2, 0) is 41.3 Å². The summed E-state index contributed by atoms with van der Waals surface area (Å²) in [5.41, 5.74) is 5.74. The van der Waals surface area contributed by atoms with Gasteiger partial charge < -0.3 is 9.30 Å². The third kappa shape index (κ3) is 6.98. The number of benzene rings is 2. The van der Waals surface area contributed by atoms with Gasteiger partial charge in [0.05, 0.1) is 5.56 Å². The van der Waals surface area contributed by atoms with Gasteiger partial charge in [-0.3, -0.25) is 9.11 Å². The molecule has 2 unspecified atom stereocenters. The zero-order chi connectivity index (χ0) is 27.2. The zero-order valence-electron chi connectivity index (χ0n) is 23.5. The summed E-state index contributed by atoms with van der Waals surface area (Å²) in [6, 6.07) is 14.2. The predicted octanol–water partition coefficient (Wildman–Crippen LogP) is 6.26. The van der Waals surface area contributed by atoms with E-state index >= 15 is 0 Å². The van der Waals surface area contributed by atoms with Crippen LogP contribution in [0.5, 0.6) is 0 Å². The number of hydrogen-bond donors (Lipinski definition) is 0. The van der Waals surface area contributed by atoms with Crippen LogP contribution in [0.3, 0.4) is 0 Å². The van der Waals surface area contributed by atoms with Gasteiger partial charge in [0.2, 0.25) is 0 Å². The van der Waals surface area contributed by atoms with Crippen molar-refractivity contribution in [1.82, 2.24) is 9.47 Å². The molecule has 1 aromatic heterocycles. The monoisotopic (exact) mass is 566 g/mol. The molecule has 3 aromatic rings. The standard InChI is InChI=1S/C32H42N2O3S2/c1-3-4-5-6-7-24-8-10-25(11-9-24)32(35)37-26-12-14-30-28(22-26)29-23-27(39(2)36)13-15-31(29)34(30)17-16-33-18-20-38-21-19-33/h8-11,13,15,23,26H,3-7,12,14,16-22H2,1-2H3. The Kier molecular flexibility index (Phi) is 9.85. The molecule has 2 heterocycles. The van der Waals surface area contributed by atoms with Gasteiger partial charge in [0.25, 0.3) is 0 Å². The van der Waals surface area contributed by atoms with Crippen molar-refractivity contribution in [2.45, 2.75) is 75.8 Å². The molecule has 1 fully saturated rings. The van der Waals surface area contributed by atoms with Gasteiger partial charge in [-0.15, -0.1) is 0 Å². The van der Waals surface area contributed by atoms with Gasteiger partial charge in [-0.2, -0.15) is 11.8 Å². The van der Waals surface area contributed by atoms with Crippen LogP contribution < -0.4 is 0 Å². The second-order valence-corrected chi connectivity index (χ2v) is 13.5. The second-order valence-electron chi connectivity index (χ2n) is 10.9. The fraction of sp³-hybridized carbons (Fsp3) is 0.531. The van der Waals surface area contributed by atoms with Crippen LogP contribution >= 0.6 is 11.8 Å². The molecule has 5 rings (SSSR count). The molecule has 1 saturated heterocycles. The van der Waals surface area contributed by atoms with E-state index < -0.39 is 10.8 Å². The maximum absolute atomic E-state index is 13.1. The van der Waals surface area contributed by atoms with Gasteiger partial charge in [0, 0.05) is 82.7 Å². The highest BCUT2D eigenvalue weighted by atomic mass is 32.2. The molecule has 39 heavy (non-hydrogen) atoms.